The molecule has 214 valence electrons. The van der Waals surface area contributed by atoms with Gasteiger partial charge in [-0.05, 0) is 63.8 Å². The second-order valence-corrected chi connectivity index (χ2v) is 15.9. The minimum Gasteiger partial charge on any atom is -0.241 e. The zero-order chi connectivity index (χ0) is 27.9. The van der Waals surface area contributed by atoms with E-state index in [4.69, 9.17) is 9.97 Å². The van der Waals surface area contributed by atoms with Crippen LogP contribution in [-0.2, 0) is 12.8 Å². The number of hydrogen-bond acceptors (Lipinski definition) is 6. The largest absolute Gasteiger partial charge is 0.241 e. The molecule has 0 spiro atoms. The number of benzene rings is 1. The topological polar surface area (TPSA) is 25.8 Å². The Hall–Kier alpha value is -1.60. The van der Waals surface area contributed by atoms with Crippen LogP contribution in [0.5, 0.6) is 0 Å². The molecule has 0 unspecified atom stereocenters. The number of hydrogen-bond donors (Lipinski definition) is 0. The molecule has 0 saturated heterocycles. The summed E-state index contributed by atoms with van der Waals surface area (Å²) in [5, 5.41) is 2.28. The lowest BCUT2D eigenvalue weighted by Crippen LogP contribution is -1.85. The molecule has 5 rings (SSSR count). The van der Waals surface area contributed by atoms with Crippen molar-refractivity contribution in [1.82, 2.24) is 9.97 Å². The minimum atomic E-state index is 1.14. The highest BCUT2D eigenvalue weighted by Crippen LogP contribution is 2.49. The first-order chi connectivity index (χ1) is 19.6. The van der Waals surface area contributed by atoms with Crippen LogP contribution in [0.4, 0.5) is 0 Å². The zero-order valence-electron chi connectivity index (χ0n) is 24.7. The smallest absolute Gasteiger partial charge is 0.0924 e. The molecule has 0 aliphatic heterocycles. The van der Waals surface area contributed by atoms with E-state index in [-0.39, 0.29) is 0 Å². The number of fused-ring (bicyclic) bond motifs is 2. The molecule has 0 atom stereocenters. The van der Waals surface area contributed by atoms with Crippen molar-refractivity contribution in [3.05, 3.63) is 44.0 Å². The Bertz CT molecular complexity index is 1350. The SMILES string of the molecule is CCCCCCCCc1ccc(-c2c3nc(C)sc3c(-c3ccc(CCCCCCCC)s3)c3nc(C)sc23)s1. The Kier molecular flexibility index (Phi) is 10.9. The summed E-state index contributed by atoms with van der Waals surface area (Å²) in [6, 6.07) is 9.41. The predicted octanol–water partition coefficient (Wildman–Crippen LogP) is 12.8. The maximum atomic E-state index is 5.15. The van der Waals surface area contributed by atoms with Crippen molar-refractivity contribution < 1.29 is 0 Å². The number of aryl methyl sites for hydroxylation is 4. The average Bonchev–Trinajstić information content (AvgIpc) is 3.73. The molecule has 0 fully saturated rings. The number of thiophene rings is 2. The zero-order valence-corrected chi connectivity index (χ0v) is 28.0. The lowest BCUT2D eigenvalue weighted by atomic mass is 10.1. The van der Waals surface area contributed by atoms with Gasteiger partial charge in [-0.15, -0.1) is 45.3 Å². The Balaban J connectivity index is 1.43. The van der Waals surface area contributed by atoms with Crippen molar-refractivity contribution in [2.45, 2.75) is 118 Å². The van der Waals surface area contributed by atoms with Crippen LogP contribution >= 0.6 is 45.3 Å². The minimum absolute atomic E-state index is 1.14. The first kappa shape index (κ1) is 29.9. The van der Waals surface area contributed by atoms with Gasteiger partial charge in [0.15, 0.2) is 0 Å². The highest BCUT2D eigenvalue weighted by molar-refractivity contribution is 7.23. The highest BCUT2D eigenvalue weighted by Gasteiger charge is 2.24. The molecule has 0 aliphatic rings. The molecule has 5 aromatic rings. The molecule has 0 N–H and O–H groups in total. The van der Waals surface area contributed by atoms with E-state index in [1.54, 1.807) is 0 Å². The highest BCUT2D eigenvalue weighted by atomic mass is 32.1. The Morgan fingerprint density at radius 3 is 1.32 bits per heavy atom. The van der Waals surface area contributed by atoms with Gasteiger partial charge in [-0.1, -0.05) is 78.1 Å². The second-order valence-electron chi connectivity index (χ2n) is 11.1. The van der Waals surface area contributed by atoms with Crippen molar-refractivity contribution in [2.24, 2.45) is 0 Å². The van der Waals surface area contributed by atoms with Crippen LogP contribution in [0.1, 0.15) is 111 Å². The van der Waals surface area contributed by atoms with Gasteiger partial charge < -0.3 is 0 Å². The van der Waals surface area contributed by atoms with E-state index in [1.165, 1.54) is 141 Å². The summed E-state index contributed by atoms with van der Waals surface area (Å²) in [4.78, 5) is 16.0. The van der Waals surface area contributed by atoms with Gasteiger partial charge in [0.25, 0.3) is 0 Å². The van der Waals surface area contributed by atoms with Crippen LogP contribution in [0.15, 0.2) is 24.3 Å². The molecule has 40 heavy (non-hydrogen) atoms. The fourth-order valence-electron chi connectivity index (χ4n) is 5.66. The summed E-state index contributed by atoms with van der Waals surface area (Å²) >= 11 is 7.62. The molecule has 1 aromatic carbocycles. The molecule has 4 heterocycles. The monoisotopic (exact) mass is 608 g/mol. The quantitative estimate of drug-likeness (QED) is 0.104. The van der Waals surface area contributed by atoms with Gasteiger partial charge >= 0.3 is 0 Å². The third-order valence-corrected chi connectivity index (χ3v) is 12.1. The van der Waals surface area contributed by atoms with Crippen molar-refractivity contribution in [2.75, 3.05) is 0 Å². The maximum Gasteiger partial charge on any atom is 0.0924 e. The van der Waals surface area contributed by atoms with Crippen LogP contribution in [0.25, 0.3) is 41.3 Å². The lowest BCUT2D eigenvalue weighted by molar-refractivity contribution is 0.609. The number of aromatic nitrogens is 2. The summed E-state index contributed by atoms with van der Waals surface area (Å²) in [7, 11) is 0. The van der Waals surface area contributed by atoms with E-state index in [0.29, 0.717) is 0 Å². The van der Waals surface area contributed by atoms with Crippen molar-refractivity contribution in [3.8, 4) is 20.9 Å². The van der Waals surface area contributed by atoms with Crippen LogP contribution in [0, 0.1) is 13.8 Å². The number of nitrogens with zero attached hydrogens (tertiary/aromatic N) is 2. The summed E-state index contributed by atoms with van der Waals surface area (Å²) in [6.45, 7) is 8.89. The normalized spacial score (nSPS) is 11.9. The van der Waals surface area contributed by atoms with Gasteiger partial charge in [0.2, 0.25) is 0 Å². The van der Waals surface area contributed by atoms with E-state index in [2.05, 4.69) is 52.0 Å². The number of unbranched alkanes of at least 4 members (excludes halogenated alkanes) is 10. The summed E-state index contributed by atoms with van der Waals surface area (Å²) in [6.07, 6.45) is 18.5. The van der Waals surface area contributed by atoms with Gasteiger partial charge in [-0.3, -0.25) is 0 Å². The van der Waals surface area contributed by atoms with Crippen LogP contribution < -0.4 is 0 Å². The van der Waals surface area contributed by atoms with Gasteiger partial charge in [-0.25, -0.2) is 9.97 Å². The van der Waals surface area contributed by atoms with E-state index < -0.39 is 0 Å². The predicted molar refractivity (Wildman–Crippen MR) is 183 cm³/mol. The molecule has 4 aromatic heterocycles. The molecule has 0 bridgehead atoms. The average molecular weight is 609 g/mol. The number of thiazole rings is 2. The Labute approximate surface area is 256 Å². The van der Waals surface area contributed by atoms with Crippen molar-refractivity contribution in [1.29, 1.82) is 0 Å². The fraction of sp³-hybridized carbons (Fsp3) is 0.529. The molecule has 0 saturated carbocycles. The van der Waals surface area contributed by atoms with Gasteiger partial charge in [-0.2, -0.15) is 0 Å². The molecular weight excluding hydrogens is 565 g/mol. The molecule has 0 amide bonds. The van der Waals surface area contributed by atoms with Crippen LogP contribution in [-0.4, -0.2) is 9.97 Å². The van der Waals surface area contributed by atoms with Gasteiger partial charge in [0, 0.05) is 30.6 Å². The van der Waals surface area contributed by atoms with Crippen LogP contribution in [0.2, 0.25) is 0 Å². The summed E-state index contributed by atoms with van der Waals surface area (Å²) < 4.78 is 2.62. The molecule has 0 radical (unpaired) electrons. The second kappa shape index (κ2) is 14.5. The fourth-order valence-corrected chi connectivity index (χ4v) is 9.96. The van der Waals surface area contributed by atoms with Crippen molar-refractivity contribution in [3.63, 3.8) is 0 Å². The van der Waals surface area contributed by atoms with Gasteiger partial charge in [0.1, 0.15) is 0 Å². The van der Waals surface area contributed by atoms with E-state index >= 15 is 0 Å². The molecular formula is C34H44N2S4. The summed E-state index contributed by atoms with van der Waals surface area (Å²) in [5.41, 5.74) is 4.97. The van der Waals surface area contributed by atoms with Crippen LogP contribution in [0.3, 0.4) is 0 Å². The first-order valence-electron chi connectivity index (χ1n) is 15.5. The third-order valence-electron chi connectivity index (χ3n) is 7.77. The molecule has 6 heteroatoms. The lowest BCUT2D eigenvalue weighted by Gasteiger charge is -2.07. The maximum absolute atomic E-state index is 5.15. The van der Waals surface area contributed by atoms with E-state index in [9.17, 15) is 0 Å². The van der Waals surface area contributed by atoms with E-state index in [1.807, 2.05) is 45.3 Å². The first-order valence-corrected chi connectivity index (χ1v) is 18.7. The van der Waals surface area contributed by atoms with Crippen molar-refractivity contribution >= 4 is 65.8 Å². The Morgan fingerprint density at radius 1 is 0.500 bits per heavy atom. The number of rotatable bonds is 16. The Morgan fingerprint density at radius 2 is 0.900 bits per heavy atom. The third kappa shape index (κ3) is 7.06. The molecule has 0 aliphatic carbocycles. The van der Waals surface area contributed by atoms with E-state index in [0.717, 1.165) is 10.0 Å². The molecule has 2 nitrogen and oxygen atoms in total. The van der Waals surface area contributed by atoms with Gasteiger partial charge in [0.05, 0.1) is 30.4 Å². The summed E-state index contributed by atoms with van der Waals surface area (Å²) in [5.74, 6) is 0. The standard InChI is InChI=1S/C34H44N2S4/c1-5-7-9-11-13-15-17-25-19-21-27(39-25)29-31-34(38-23(3)35-31)30(32-33(29)37-24(4)36-32)28-22-20-26(40-28)18-16-14-12-10-8-6-2/h19-22H,5-18H2,1-4H3.